The largest absolute Gasteiger partial charge is 0.480 e. The predicted molar refractivity (Wildman–Crippen MR) is 122 cm³/mol. The minimum absolute atomic E-state index is 0.0838. The van der Waals surface area contributed by atoms with Crippen LogP contribution in [0.3, 0.4) is 0 Å². The Morgan fingerprint density at radius 2 is 1.88 bits per heavy atom. The first kappa shape index (κ1) is 23.7. The van der Waals surface area contributed by atoms with Crippen LogP contribution in [0.15, 0.2) is 30.5 Å². The first-order chi connectivity index (χ1) is 15.7. The average Bonchev–Trinajstić information content (AvgIpc) is 3.25. The standard InChI is InChI=1S/C23H27N5O5/c1-6-33-22(31)23(2,3)12-26-19(29)16-9-14(11-25-21(16)32-5)13-7-8-15-17(10-13)27-28-18(15)20(30)24-4/h7-11H,6,12H2,1-5H3,(H,24,30)(H,26,29)(H,27,28). The van der Waals surface area contributed by atoms with E-state index in [-0.39, 0.29) is 30.5 Å². The second-order valence-corrected chi connectivity index (χ2v) is 7.98. The maximum atomic E-state index is 12.9. The molecule has 0 saturated carbocycles. The molecule has 10 nitrogen and oxygen atoms in total. The summed E-state index contributed by atoms with van der Waals surface area (Å²) in [6, 6.07) is 7.09. The molecule has 0 aliphatic rings. The fraction of sp³-hybridized carbons (Fsp3) is 0.348. The molecular weight excluding hydrogens is 426 g/mol. The summed E-state index contributed by atoms with van der Waals surface area (Å²) in [6.07, 6.45) is 1.59. The van der Waals surface area contributed by atoms with Gasteiger partial charge >= 0.3 is 5.97 Å². The molecule has 0 aliphatic heterocycles. The number of methoxy groups -OCH3 is 1. The Kier molecular flexibility index (Phi) is 6.95. The molecule has 33 heavy (non-hydrogen) atoms. The van der Waals surface area contributed by atoms with E-state index in [0.29, 0.717) is 22.2 Å². The van der Waals surface area contributed by atoms with Gasteiger partial charge in [0.1, 0.15) is 5.56 Å². The molecule has 0 unspecified atom stereocenters. The molecule has 0 saturated heterocycles. The topological polar surface area (TPSA) is 135 Å². The van der Waals surface area contributed by atoms with Crippen molar-refractivity contribution in [3.05, 3.63) is 41.7 Å². The fourth-order valence-electron chi connectivity index (χ4n) is 3.22. The first-order valence-corrected chi connectivity index (χ1v) is 10.4. The van der Waals surface area contributed by atoms with E-state index < -0.39 is 17.3 Å². The molecule has 0 aliphatic carbocycles. The first-order valence-electron chi connectivity index (χ1n) is 10.4. The molecule has 1 aromatic carbocycles. The smallest absolute Gasteiger partial charge is 0.313 e. The van der Waals surface area contributed by atoms with Crippen LogP contribution in [0.4, 0.5) is 0 Å². The number of hydrogen-bond donors (Lipinski definition) is 3. The average molecular weight is 453 g/mol. The number of aromatic nitrogens is 3. The van der Waals surface area contributed by atoms with Crippen LogP contribution in [0.2, 0.25) is 0 Å². The molecule has 0 fully saturated rings. The van der Waals surface area contributed by atoms with Gasteiger partial charge in [0.2, 0.25) is 5.88 Å². The van der Waals surface area contributed by atoms with Gasteiger partial charge < -0.3 is 20.1 Å². The number of carbonyl (C=O) groups excluding carboxylic acids is 3. The second-order valence-electron chi connectivity index (χ2n) is 7.98. The Morgan fingerprint density at radius 3 is 2.55 bits per heavy atom. The Hall–Kier alpha value is -3.95. The lowest BCUT2D eigenvalue weighted by atomic mass is 9.93. The number of aromatic amines is 1. The van der Waals surface area contributed by atoms with Gasteiger partial charge in [-0.1, -0.05) is 6.07 Å². The van der Waals surface area contributed by atoms with E-state index in [1.807, 2.05) is 12.1 Å². The van der Waals surface area contributed by atoms with E-state index in [9.17, 15) is 14.4 Å². The number of carbonyl (C=O) groups is 3. The number of hydrogen-bond acceptors (Lipinski definition) is 7. The van der Waals surface area contributed by atoms with Crippen LogP contribution >= 0.6 is 0 Å². The number of amides is 2. The van der Waals surface area contributed by atoms with Crippen LogP contribution in [0, 0.1) is 5.41 Å². The Morgan fingerprint density at radius 1 is 1.12 bits per heavy atom. The summed E-state index contributed by atoms with van der Waals surface area (Å²) in [4.78, 5) is 41.2. The number of pyridine rings is 1. The molecular formula is C23H27N5O5. The monoisotopic (exact) mass is 453 g/mol. The van der Waals surface area contributed by atoms with E-state index in [4.69, 9.17) is 9.47 Å². The molecule has 2 aromatic heterocycles. The van der Waals surface area contributed by atoms with Gasteiger partial charge in [0, 0.05) is 30.7 Å². The minimum Gasteiger partial charge on any atom is -0.480 e. The number of H-pyrrole nitrogens is 1. The number of benzene rings is 1. The van der Waals surface area contributed by atoms with Gasteiger partial charge in [-0.25, -0.2) is 4.98 Å². The summed E-state index contributed by atoms with van der Waals surface area (Å²) in [5, 5.41) is 12.9. The molecule has 0 spiro atoms. The van der Waals surface area contributed by atoms with Gasteiger partial charge in [0.25, 0.3) is 11.8 Å². The minimum atomic E-state index is -0.891. The van der Waals surface area contributed by atoms with Gasteiger partial charge in [-0.15, -0.1) is 0 Å². The Bertz CT molecular complexity index is 1200. The number of nitrogens with zero attached hydrogens (tertiary/aromatic N) is 2. The zero-order chi connectivity index (χ0) is 24.2. The fourth-order valence-corrected chi connectivity index (χ4v) is 3.22. The van der Waals surface area contributed by atoms with Crippen LogP contribution in [0.5, 0.6) is 5.88 Å². The number of nitrogens with one attached hydrogen (secondary N) is 3. The quantitative estimate of drug-likeness (QED) is 0.445. The lowest BCUT2D eigenvalue weighted by Crippen LogP contribution is -2.40. The zero-order valence-corrected chi connectivity index (χ0v) is 19.2. The molecule has 0 bridgehead atoms. The van der Waals surface area contributed by atoms with Crippen molar-refractivity contribution in [1.29, 1.82) is 0 Å². The summed E-state index contributed by atoms with van der Waals surface area (Å²) in [5.74, 6) is -0.948. The summed E-state index contributed by atoms with van der Waals surface area (Å²) >= 11 is 0. The van der Waals surface area contributed by atoms with Crippen molar-refractivity contribution in [3.8, 4) is 17.0 Å². The van der Waals surface area contributed by atoms with Crippen molar-refractivity contribution in [1.82, 2.24) is 25.8 Å². The molecule has 2 amide bonds. The third-order valence-electron chi connectivity index (χ3n) is 5.15. The van der Waals surface area contributed by atoms with Crippen molar-refractivity contribution in [2.24, 2.45) is 5.41 Å². The second kappa shape index (κ2) is 9.68. The van der Waals surface area contributed by atoms with Crippen molar-refractivity contribution in [3.63, 3.8) is 0 Å². The Balaban J connectivity index is 1.88. The molecule has 2 heterocycles. The normalized spacial score (nSPS) is 11.2. The summed E-state index contributed by atoms with van der Waals surface area (Å²) in [7, 11) is 2.97. The highest BCUT2D eigenvalue weighted by molar-refractivity contribution is 6.05. The van der Waals surface area contributed by atoms with Gasteiger partial charge in [-0.2, -0.15) is 5.10 Å². The summed E-state index contributed by atoms with van der Waals surface area (Å²) in [6.45, 7) is 5.48. The molecule has 10 heteroatoms. The van der Waals surface area contributed by atoms with Crippen molar-refractivity contribution in [2.75, 3.05) is 27.3 Å². The van der Waals surface area contributed by atoms with Gasteiger partial charge in [0.05, 0.1) is 24.6 Å². The van der Waals surface area contributed by atoms with Crippen LogP contribution in [-0.2, 0) is 9.53 Å². The zero-order valence-electron chi connectivity index (χ0n) is 19.2. The SMILES string of the molecule is CCOC(=O)C(C)(C)CNC(=O)c1cc(-c2ccc3c(C(=O)NC)n[nH]c3c2)cnc1OC. The third kappa shape index (κ3) is 4.94. The highest BCUT2D eigenvalue weighted by Gasteiger charge is 2.30. The van der Waals surface area contributed by atoms with Gasteiger partial charge in [-0.3, -0.25) is 19.5 Å². The molecule has 3 N–H and O–H groups in total. The van der Waals surface area contributed by atoms with Crippen molar-refractivity contribution < 1.29 is 23.9 Å². The van der Waals surface area contributed by atoms with Crippen LogP contribution in [-0.4, -0.2) is 60.3 Å². The number of rotatable bonds is 8. The maximum absolute atomic E-state index is 12.9. The summed E-state index contributed by atoms with van der Waals surface area (Å²) in [5.41, 5.74) is 1.75. The lowest BCUT2D eigenvalue weighted by molar-refractivity contribution is -0.153. The van der Waals surface area contributed by atoms with Gasteiger partial charge in [-0.05, 0) is 44.5 Å². The highest BCUT2D eigenvalue weighted by Crippen LogP contribution is 2.28. The number of fused-ring (bicyclic) bond motifs is 1. The van der Waals surface area contributed by atoms with Gasteiger partial charge in [0.15, 0.2) is 5.69 Å². The van der Waals surface area contributed by atoms with Crippen LogP contribution in [0.25, 0.3) is 22.0 Å². The summed E-state index contributed by atoms with van der Waals surface area (Å²) < 4.78 is 10.3. The van der Waals surface area contributed by atoms with E-state index in [0.717, 1.165) is 5.56 Å². The number of esters is 1. The van der Waals surface area contributed by atoms with Crippen molar-refractivity contribution >= 4 is 28.7 Å². The van der Waals surface area contributed by atoms with Crippen molar-refractivity contribution in [2.45, 2.75) is 20.8 Å². The number of ether oxygens (including phenoxy) is 2. The predicted octanol–water partition coefficient (Wildman–Crippen LogP) is 2.31. The lowest BCUT2D eigenvalue weighted by Gasteiger charge is -2.22. The molecule has 0 atom stereocenters. The highest BCUT2D eigenvalue weighted by atomic mass is 16.5. The maximum Gasteiger partial charge on any atom is 0.313 e. The molecule has 174 valence electrons. The van der Waals surface area contributed by atoms with E-state index in [1.165, 1.54) is 7.11 Å². The molecule has 0 radical (unpaired) electrons. The van der Waals surface area contributed by atoms with Crippen LogP contribution in [0.1, 0.15) is 41.6 Å². The Labute approximate surface area is 191 Å². The van der Waals surface area contributed by atoms with E-state index in [1.54, 1.807) is 46.1 Å². The third-order valence-corrected chi connectivity index (χ3v) is 5.15. The molecule has 3 aromatic rings. The van der Waals surface area contributed by atoms with E-state index in [2.05, 4.69) is 25.8 Å². The van der Waals surface area contributed by atoms with Crippen LogP contribution < -0.4 is 15.4 Å². The molecule has 3 rings (SSSR count). The van der Waals surface area contributed by atoms with E-state index >= 15 is 0 Å².